The number of amides is 6. The van der Waals surface area contributed by atoms with Gasteiger partial charge in [0.1, 0.15) is 11.2 Å². The van der Waals surface area contributed by atoms with Crippen LogP contribution in [0.1, 0.15) is 99.0 Å². The molecule has 0 saturated heterocycles. The van der Waals surface area contributed by atoms with Gasteiger partial charge in [0, 0.05) is 17.1 Å². The van der Waals surface area contributed by atoms with Crippen LogP contribution in [0, 0.1) is 10.1 Å². The fourth-order valence-electron chi connectivity index (χ4n) is 3.34. The third-order valence-corrected chi connectivity index (χ3v) is 5.19. The standard InChI is InChI=1S/C18H24N2O8.2C6H11NO4/c1-17(2,3)27-15(23)19(16(24)28-18(4,5)6)10-12-9-11(14(21)22)7-8-13(12)20(25)26;2*1-6(2,3)7(4(8)9)5(10)11/h7-9H,10H2,1-6H3,(H,21,22);2*1-3H3,(H,8,9)(H,10,11). The molecule has 0 saturated carbocycles. The lowest BCUT2D eigenvalue weighted by molar-refractivity contribution is -0.385. The highest BCUT2D eigenvalue weighted by Gasteiger charge is 2.34. The Balaban J connectivity index is 0. The Morgan fingerprint density at radius 1 is 0.640 bits per heavy atom. The third kappa shape index (κ3) is 16.9. The van der Waals surface area contributed by atoms with E-state index in [1.807, 2.05) is 0 Å². The second kappa shape index (κ2) is 17.6. The zero-order valence-electron chi connectivity index (χ0n) is 30.0. The van der Waals surface area contributed by atoms with Gasteiger partial charge in [-0.3, -0.25) is 10.1 Å². The van der Waals surface area contributed by atoms with Gasteiger partial charge < -0.3 is 35.0 Å². The summed E-state index contributed by atoms with van der Waals surface area (Å²) in [4.78, 5) is 89.4. The molecule has 0 aliphatic rings. The molecule has 0 bridgehead atoms. The second-order valence-corrected chi connectivity index (χ2v) is 14.1. The van der Waals surface area contributed by atoms with Crippen LogP contribution in [0.2, 0.25) is 0 Å². The largest absolute Gasteiger partial charge is 0.478 e. The van der Waals surface area contributed by atoms with Crippen molar-refractivity contribution >= 4 is 48.2 Å². The predicted molar refractivity (Wildman–Crippen MR) is 173 cm³/mol. The highest BCUT2D eigenvalue weighted by Crippen LogP contribution is 2.24. The molecule has 1 aromatic carbocycles. The van der Waals surface area contributed by atoms with E-state index in [9.17, 15) is 43.7 Å². The Bertz CT molecular complexity index is 1350. The van der Waals surface area contributed by atoms with E-state index in [1.54, 1.807) is 41.5 Å². The molecular weight excluding hydrogens is 672 g/mol. The number of carbonyl (C=O) groups is 7. The highest BCUT2D eigenvalue weighted by atomic mass is 16.6. The molecule has 1 aromatic rings. The monoisotopic (exact) mass is 718 g/mol. The third-order valence-electron chi connectivity index (χ3n) is 5.19. The highest BCUT2D eigenvalue weighted by molar-refractivity contribution is 5.90. The van der Waals surface area contributed by atoms with E-state index in [-0.39, 0.29) is 11.1 Å². The van der Waals surface area contributed by atoms with E-state index in [4.69, 9.17) is 35.0 Å². The number of nitro groups is 1. The molecule has 20 heteroatoms. The minimum atomic E-state index is -1.45. The number of hydrogen-bond acceptors (Lipinski definition) is 11. The minimum Gasteiger partial charge on any atom is -0.478 e. The van der Waals surface area contributed by atoms with Crippen molar-refractivity contribution in [1.82, 2.24) is 14.7 Å². The second-order valence-electron chi connectivity index (χ2n) is 14.1. The minimum absolute atomic E-state index is 0.151. The van der Waals surface area contributed by atoms with Crippen molar-refractivity contribution in [2.24, 2.45) is 0 Å². The van der Waals surface area contributed by atoms with Gasteiger partial charge in [-0.25, -0.2) is 48.3 Å². The molecule has 1 rings (SSSR count). The maximum absolute atomic E-state index is 12.5. The number of carboxylic acid groups (broad SMARTS) is 5. The van der Waals surface area contributed by atoms with Crippen LogP contribution in [0.15, 0.2) is 18.2 Å². The van der Waals surface area contributed by atoms with Gasteiger partial charge in [0.15, 0.2) is 0 Å². The van der Waals surface area contributed by atoms with Crippen LogP contribution in [-0.4, -0.2) is 110 Å². The van der Waals surface area contributed by atoms with Crippen LogP contribution in [0.5, 0.6) is 0 Å². The first kappa shape index (κ1) is 46.4. The summed E-state index contributed by atoms with van der Waals surface area (Å²) in [5.74, 6) is -1.31. The molecule has 0 fully saturated rings. The van der Waals surface area contributed by atoms with Gasteiger partial charge in [0.05, 0.1) is 22.6 Å². The summed E-state index contributed by atoms with van der Waals surface area (Å²) >= 11 is 0. The number of aromatic carboxylic acids is 1. The van der Waals surface area contributed by atoms with Crippen LogP contribution >= 0.6 is 0 Å². The molecule has 0 aliphatic carbocycles. The Morgan fingerprint density at radius 3 is 1.16 bits per heavy atom. The van der Waals surface area contributed by atoms with Crippen LogP contribution in [0.4, 0.5) is 34.5 Å². The first-order valence-electron chi connectivity index (χ1n) is 14.4. The normalized spacial score (nSPS) is 11.2. The lowest BCUT2D eigenvalue weighted by Crippen LogP contribution is -2.48. The topological polar surface area (TPSA) is 292 Å². The summed E-state index contributed by atoms with van der Waals surface area (Å²) in [6, 6.07) is 3.10. The number of carbonyl (C=O) groups excluding carboxylic acids is 2. The van der Waals surface area contributed by atoms with Gasteiger partial charge >= 0.3 is 42.5 Å². The number of nitrogens with zero attached hydrogens (tertiary/aromatic N) is 4. The van der Waals surface area contributed by atoms with E-state index in [0.29, 0.717) is 14.7 Å². The first-order chi connectivity index (χ1) is 22.1. The van der Waals surface area contributed by atoms with Gasteiger partial charge in [-0.2, -0.15) is 0 Å². The summed E-state index contributed by atoms with van der Waals surface area (Å²) < 4.78 is 10.4. The smallest absolute Gasteiger partial charge is 0.420 e. The van der Waals surface area contributed by atoms with Crippen LogP contribution < -0.4 is 0 Å². The van der Waals surface area contributed by atoms with Crippen molar-refractivity contribution in [2.75, 3.05) is 0 Å². The molecule has 50 heavy (non-hydrogen) atoms. The zero-order valence-corrected chi connectivity index (χ0v) is 30.0. The Morgan fingerprint density at radius 2 is 0.960 bits per heavy atom. The fourth-order valence-corrected chi connectivity index (χ4v) is 3.34. The zero-order chi connectivity index (χ0) is 40.3. The van der Waals surface area contributed by atoms with E-state index in [2.05, 4.69) is 0 Å². The molecule has 6 amide bonds. The number of carboxylic acids is 1. The maximum atomic E-state index is 12.5. The molecule has 0 unspecified atom stereocenters. The van der Waals surface area contributed by atoms with Gasteiger partial charge in [-0.05, 0) is 95.2 Å². The lowest BCUT2D eigenvalue weighted by Gasteiger charge is -2.28. The Labute approximate surface area is 287 Å². The van der Waals surface area contributed by atoms with Crippen molar-refractivity contribution in [1.29, 1.82) is 0 Å². The molecule has 0 aromatic heterocycles. The summed E-state index contributed by atoms with van der Waals surface area (Å²) in [5, 5.41) is 54.1. The van der Waals surface area contributed by atoms with E-state index in [0.717, 1.165) is 18.2 Å². The summed E-state index contributed by atoms with van der Waals surface area (Å²) in [6.07, 6.45) is -7.96. The summed E-state index contributed by atoms with van der Waals surface area (Å²) in [6.45, 7) is 18.0. The van der Waals surface area contributed by atoms with Crippen molar-refractivity contribution in [3.8, 4) is 0 Å². The van der Waals surface area contributed by atoms with Crippen molar-refractivity contribution in [3.63, 3.8) is 0 Å². The Kier molecular flexibility index (Phi) is 16.4. The number of rotatable bonds is 4. The number of imide groups is 3. The van der Waals surface area contributed by atoms with Crippen LogP contribution in [0.25, 0.3) is 0 Å². The lowest BCUT2D eigenvalue weighted by atomic mass is 10.1. The molecule has 0 radical (unpaired) electrons. The van der Waals surface area contributed by atoms with Crippen LogP contribution in [0.3, 0.4) is 0 Å². The van der Waals surface area contributed by atoms with E-state index >= 15 is 0 Å². The van der Waals surface area contributed by atoms with Gasteiger partial charge in [0.25, 0.3) is 5.69 Å². The van der Waals surface area contributed by atoms with Gasteiger partial charge in [-0.15, -0.1) is 0 Å². The van der Waals surface area contributed by atoms with Crippen molar-refractivity contribution in [3.05, 3.63) is 39.4 Å². The average Bonchev–Trinajstić information content (AvgIpc) is 2.82. The number of hydrogen-bond donors (Lipinski definition) is 5. The molecular formula is C30H46N4O16. The van der Waals surface area contributed by atoms with Crippen molar-refractivity contribution < 1.29 is 73.5 Å². The maximum Gasteiger partial charge on any atom is 0.420 e. The number of nitro benzene ring substituents is 1. The molecule has 0 spiro atoms. The van der Waals surface area contributed by atoms with Crippen LogP contribution in [-0.2, 0) is 16.0 Å². The SMILES string of the molecule is CC(C)(C)N(C(=O)O)C(=O)O.CC(C)(C)N(C(=O)O)C(=O)O.CC(C)(C)OC(=O)N(Cc1cc(C(=O)O)ccc1[N+](=O)[O-])C(=O)OC(C)(C)C. The molecule has 5 N–H and O–H groups in total. The quantitative estimate of drug-likeness (QED) is 0.157. The van der Waals surface area contributed by atoms with Crippen molar-refractivity contribution in [2.45, 2.75) is 112 Å². The van der Waals surface area contributed by atoms with E-state index < -0.39 is 82.0 Å². The average molecular weight is 719 g/mol. The Hall–Kier alpha value is -5.69. The fraction of sp³-hybridized carbons (Fsp3) is 0.567. The molecule has 282 valence electrons. The molecule has 0 heterocycles. The molecule has 20 nitrogen and oxygen atoms in total. The predicted octanol–water partition coefficient (Wildman–Crippen LogP) is 6.85. The van der Waals surface area contributed by atoms with Gasteiger partial charge in [0.2, 0.25) is 0 Å². The number of benzene rings is 1. The molecule has 0 aliphatic heterocycles. The van der Waals surface area contributed by atoms with E-state index in [1.165, 1.54) is 41.5 Å². The molecule has 0 atom stereocenters. The first-order valence-corrected chi connectivity index (χ1v) is 14.4. The van der Waals surface area contributed by atoms with Gasteiger partial charge in [-0.1, -0.05) is 0 Å². The summed E-state index contributed by atoms with van der Waals surface area (Å²) in [5.41, 5.74) is -4.51. The summed E-state index contributed by atoms with van der Waals surface area (Å²) in [7, 11) is 0. The number of ether oxygens (including phenoxy) is 2.